The summed E-state index contributed by atoms with van der Waals surface area (Å²) in [5.41, 5.74) is 3.23. The Bertz CT molecular complexity index is 1090. The molecule has 33 heavy (non-hydrogen) atoms. The van der Waals surface area contributed by atoms with E-state index in [1.54, 1.807) is 24.3 Å². The lowest BCUT2D eigenvalue weighted by Gasteiger charge is -2.12. The van der Waals surface area contributed by atoms with Crippen LogP contribution in [0.4, 0.5) is 0 Å². The maximum atomic E-state index is 12.2. The highest BCUT2D eigenvalue weighted by Gasteiger charge is 2.17. The zero-order valence-corrected chi connectivity index (χ0v) is 19.3. The van der Waals surface area contributed by atoms with Crippen LogP contribution in [0.2, 0.25) is 0 Å². The molecule has 0 bridgehead atoms. The van der Waals surface area contributed by atoms with Gasteiger partial charge in [-0.1, -0.05) is 0 Å². The number of hydrogen-bond donors (Lipinski definition) is 2. The molecule has 0 aromatic heterocycles. The zero-order valence-electron chi connectivity index (χ0n) is 17.7. The van der Waals surface area contributed by atoms with Crippen LogP contribution in [-0.4, -0.2) is 58.2 Å². The van der Waals surface area contributed by atoms with Gasteiger partial charge in [-0.15, -0.1) is 0 Å². The second-order valence-corrected chi connectivity index (χ2v) is 7.30. The van der Waals surface area contributed by atoms with Crippen LogP contribution in [0.3, 0.4) is 0 Å². The Balaban J connectivity index is 1.52. The smallest absolute Gasteiger partial charge is 0.343 e. The third-order valence-corrected chi connectivity index (χ3v) is 4.85. The number of methoxy groups -OCH3 is 2. The first-order valence-electron chi connectivity index (χ1n) is 9.48. The van der Waals surface area contributed by atoms with Gasteiger partial charge in [0, 0.05) is 5.56 Å². The molecule has 0 spiro atoms. The van der Waals surface area contributed by atoms with Crippen molar-refractivity contribution in [3.63, 3.8) is 0 Å². The Hall–Kier alpha value is -3.80. The van der Waals surface area contributed by atoms with Crippen molar-refractivity contribution in [3.05, 3.63) is 45.9 Å². The molecule has 2 amide bonds. The van der Waals surface area contributed by atoms with E-state index in [0.29, 0.717) is 38.6 Å². The van der Waals surface area contributed by atoms with Crippen molar-refractivity contribution in [2.75, 3.05) is 34.2 Å². The molecule has 174 valence electrons. The lowest BCUT2D eigenvalue weighted by molar-refractivity contribution is -0.143. The van der Waals surface area contributed by atoms with Crippen molar-refractivity contribution in [1.82, 2.24) is 10.7 Å². The van der Waals surface area contributed by atoms with Gasteiger partial charge in [0.05, 0.1) is 31.5 Å². The molecule has 3 rings (SSSR count). The third-order valence-electron chi connectivity index (χ3n) is 4.26. The largest absolute Gasteiger partial charge is 0.493 e. The summed E-state index contributed by atoms with van der Waals surface area (Å²) in [5, 5.41) is 6.37. The Morgan fingerprint density at radius 3 is 2.70 bits per heavy atom. The molecule has 1 aliphatic rings. The van der Waals surface area contributed by atoms with Crippen molar-refractivity contribution < 1.29 is 38.1 Å². The summed E-state index contributed by atoms with van der Waals surface area (Å²) < 4.78 is 26.2. The molecule has 0 fully saturated rings. The molecular weight excluding hydrogens is 502 g/mol. The van der Waals surface area contributed by atoms with Gasteiger partial charge in [0.2, 0.25) is 6.79 Å². The molecule has 2 aromatic rings. The van der Waals surface area contributed by atoms with Crippen LogP contribution in [-0.2, 0) is 14.3 Å². The number of carbonyl (C=O) groups excluding carboxylic acids is 3. The van der Waals surface area contributed by atoms with Crippen LogP contribution in [0.1, 0.15) is 15.9 Å². The van der Waals surface area contributed by atoms with Crippen LogP contribution < -0.4 is 29.7 Å². The first-order valence-corrected chi connectivity index (χ1v) is 10.3. The molecule has 0 saturated heterocycles. The molecular formula is C21H20BrN3O8. The summed E-state index contributed by atoms with van der Waals surface area (Å²) in [6, 6.07) is 8.00. The van der Waals surface area contributed by atoms with E-state index in [0.717, 1.165) is 0 Å². The molecule has 2 N–H and O–H groups in total. The number of nitrogens with zero attached hydrogens (tertiary/aromatic N) is 1. The average Bonchev–Trinajstić information content (AvgIpc) is 3.29. The normalized spacial score (nSPS) is 11.7. The van der Waals surface area contributed by atoms with Gasteiger partial charge in [0.15, 0.2) is 29.6 Å². The minimum atomic E-state index is -0.539. The fraction of sp³-hybridized carbons (Fsp3) is 0.238. The molecule has 1 heterocycles. The number of carbonyl (C=O) groups is 3. The molecule has 0 atom stereocenters. The number of esters is 1. The molecule has 0 radical (unpaired) electrons. The summed E-state index contributed by atoms with van der Waals surface area (Å²) in [4.78, 5) is 35.5. The van der Waals surface area contributed by atoms with Crippen molar-refractivity contribution in [2.45, 2.75) is 0 Å². The first kappa shape index (κ1) is 23.9. The highest BCUT2D eigenvalue weighted by molar-refractivity contribution is 9.10. The topological polar surface area (TPSA) is 134 Å². The Morgan fingerprint density at radius 1 is 1.15 bits per heavy atom. The number of nitrogens with one attached hydrogen (secondary N) is 2. The number of fused-ring (bicyclic) bond motifs is 1. The summed E-state index contributed by atoms with van der Waals surface area (Å²) in [6.07, 6.45) is 1.38. The summed E-state index contributed by atoms with van der Waals surface area (Å²) >= 11 is 3.34. The van der Waals surface area contributed by atoms with E-state index in [1.807, 2.05) is 0 Å². The molecule has 0 unspecified atom stereocenters. The van der Waals surface area contributed by atoms with Gasteiger partial charge in [-0.3, -0.25) is 9.59 Å². The van der Waals surface area contributed by atoms with E-state index in [9.17, 15) is 14.4 Å². The fourth-order valence-corrected chi connectivity index (χ4v) is 3.24. The predicted molar refractivity (Wildman–Crippen MR) is 119 cm³/mol. The third kappa shape index (κ3) is 6.35. The number of halogens is 1. The van der Waals surface area contributed by atoms with E-state index in [1.165, 1.54) is 26.5 Å². The van der Waals surface area contributed by atoms with Crippen LogP contribution in [0.25, 0.3) is 0 Å². The highest BCUT2D eigenvalue weighted by atomic mass is 79.9. The molecule has 11 nitrogen and oxygen atoms in total. The van der Waals surface area contributed by atoms with Crippen LogP contribution in [0, 0.1) is 0 Å². The van der Waals surface area contributed by atoms with Gasteiger partial charge in [-0.05, 0) is 51.8 Å². The second kappa shape index (κ2) is 11.2. The molecule has 2 aromatic carbocycles. The minimum absolute atomic E-state index is 0.104. The van der Waals surface area contributed by atoms with Gasteiger partial charge in [0.25, 0.3) is 11.8 Å². The van der Waals surface area contributed by atoms with Gasteiger partial charge in [0.1, 0.15) is 0 Å². The van der Waals surface area contributed by atoms with Crippen LogP contribution in [0.5, 0.6) is 23.0 Å². The maximum absolute atomic E-state index is 12.2. The van der Waals surface area contributed by atoms with Crippen LogP contribution >= 0.6 is 15.9 Å². The summed E-state index contributed by atoms with van der Waals surface area (Å²) in [5.74, 6) is 0.188. The maximum Gasteiger partial charge on any atom is 0.343 e. The summed E-state index contributed by atoms with van der Waals surface area (Å²) in [7, 11) is 2.70. The average molecular weight is 522 g/mol. The standard InChI is InChI=1S/C21H20BrN3O8/c1-29-17-6-12(5-14(22)20(17)31-10-19(27)30-2)8-24-25-18(26)9-23-21(28)13-3-4-15-16(7-13)33-11-32-15/h3-8H,9-11H2,1-2H3,(H,23,28)(H,25,26). The quantitative estimate of drug-likeness (QED) is 0.289. The molecule has 12 heteroatoms. The molecule has 0 aliphatic carbocycles. The van der Waals surface area contributed by atoms with E-state index in [-0.39, 0.29) is 19.9 Å². The number of amides is 2. The SMILES string of the molecule is COC(=O)COc1c(Br)cc(C=NNC(=O)CNC(=O)c2ccc3c(c2)OCO3)cc1OC. The Labute approximate surface area is 197 Å². The lowest BCUT2D eigenvalue weighted by Crippen LogP contribution is -2.34. The second-order valence-electron chi connectivity index (χ2n) is 6.44. The number of hydrogen-bond acceptors (Lipinski definition) is 9. The monoisotopic (exact) mass is 521 g/mol. The number of hydrazone groups is 1. The van der Waals surface area contributed by atoms with Crippen molar-refractivity contribution in [1.29, 1.82) is 0 Å². The van der Waals surface area contributed by atoms with Gasteiger partial charge in [-0.2, -0.15) is 5.10 Å². The summed E-state index contributed by atoms with van der Waals surface area (Å²) in [6.45, 7) is -0.461. The molecule has 1 aliphatic heterocycles. The van der Waals surface area contributed by atoms with Gasteiger partial charge < -0.3 is 29.0 Å². The van der Waals surface area contributed by atoms with E-state index >= 15 is 0 Å². The predicted octanol–water partition coefficient (Wildman–Crippen LogP) is 1.62. The van der Waals surface area contributed by atoms with Crippen molar-refractivity contribution >= 4 is 39.9 Å². The number of benzene rings is 2. The van der Waals surface area contributed by atoms with Crippen molar-refractivity contribution in [2.24, 2.45) is 5.10 Å². The number of rotatable bonds is 9. The van der Waals surface area contributed by atoms with E-state index in [2.05, 4.69) is 36.5 Å². The zero-order chi connectivity index (χ0) is 23.8. The lowest BCUT2D eigenvalue weighted by atomic mass is 10.2. The Morgan fingerprint density at radius 2 is 1.94 bits per heavy atom. The fourth-order valence-electron chi connectivity index (χ4n) is 2.66. The van der Waals surface area contributed by atoms with E-state index < -0.39 is 17.8 Å². The van der Waals surface area contributed by atoms with Gasteiger partial charge >= 0.3 is 5.97 Å². The first-order chi connectivity index (χ1) is 15.9. The van der Waals surface area contributed by atoms with E-state index in [4.69, 9.17) is 18.9 Å². The van der Waals surface area contributed by atoms with Gasteiger partial charge in [-0.25, -0.2) is 10.2 Å². The van der Waals surface area contributed by atoms with Crippen LogP contribution in [0.15, 0.2) is 39.9 Å². The van der Waals surface area contributed by atoms with Crippen molar-refractivity contribution in [3.8, 4) is 23.0 Å². The Kier molecular flexibility index (Phi) is 8.08. The highest BCUT2D eigenvalue weighted by Crippen LogP contribution is 2.36. The number of ether oxygens (including phenoxy) is 5. The molecule has 0 saturated carbocycles. The minimum Gasteiger partial charge on any atom is -0.493 e.